The molecule has 2 N–H and O–H groups in total. The van der Waals surface area contributed by atoms with Gasteiger partial charge < -0.3 is 20.1 Å². The standard InChI is InChI=1S/C14H30N2O3/c1-3-14(17)16(2)9-7-13-19-11-5-4-10-18-12-6-8-15/h3-13,15H2,1-2H3. The van der Waals surface area contributed by atoms with Crippen molar-refractivity contribution in [2.75, 3.05) is 46.6 Å². The van der Waals surface area contributed by atoms with Gasteiger partial charge in [-0.25, -0.2) is 0 Å². The summed E-state index contributed by atoms with van der Waals surface area (Å²) in [6.45, 7) is 6.38. The van der Waals surface area contributed by atoms with Crippen LogP contribution < -0.4 is 5.73 Å². The molecule has 0 aliphatic rings. The van der Waals surface area contributed by atoms with Gasteiger partial charge in [-0.2, -0.15) is 0 Å². The zero-order chi connectivity index (χ0) is 14.3. The first kappa shape index (κ1) is 18.4. The number of hydrogen-bond donors (Lipinski definition) is 1. The van der Waals surface area contributed by atoms with E-state index in [0.717, 1.165) is 58.7 Å². The van der Waals surface area contributed by atoms with Crippen molar-refractivity contribution in [3.63, 3.8) is 0 Å². The molecule has 0 aromatic rings. The summed E-state index contributed by atoms with van der Waals surface area (Å²) in [6.07, 6.45) is 4.45. The molecule has 0 saturated heterocycles. The predicted molar refractivity (Wildman–Crippen MR) is 77.1 cm³/mol. The average Bonchev–Trinajstić information content (AvgIpc) is 2.43. The fourth-order valence-electron chi connectivity index (χ4n) is 1.60. The number of amides is 1. The molecule has 0 unspecified atom stereocenters. The van der Waals surface area contributed by atoms with Crippen LogP contribution in [0.15, 0.2) is 0 Å². The minimum atomic E-state index is 0.189. The van der Waals surface area contributed by atoms with Gasteiger partial charge in [0.25, 0.3) is 0 Å². The van der Waals surface area contributed by atoms with E-state index in [1.807, 2.05) is 14.0 Å². The first-order valence-corrected chi connectivity index (χ1v) is 7.31. The van der Waals surface area contributed by atoms with Crippen molar-refractivity contribution in [3.05, 3.63) is 0 Å². The quantitative estimate of drug-likeness (QED) is 0.516. The van der Waals surface area contributed by atoms with E-state index in [9.17, 15) is 4.79 Å². The van der Waals surface area contributed by atoms with Crippen LogP contribution in [0.5, 0.6) is 0 Å². The molecule has 0 heterocycles. The van der Waals surface area contributed by atoms with E-state index in [-0.39, 0.29) is 5.91 Å². The number of nitrogens with zero attached hydrogens (tertiary/aromatic N) is 1. The van der Waals surface area contributed by atoms with Gasteiger partial charge in [-0.1, -0.05) is 6.92 Å². The van der Waals surface area contributed by atoms with Gasteiger partial charge in [-0.05, 0) is 32.2 Å². The number of ether oxygens (including phenoxy) is 2. The Hall–Kier alpha value is -0.650. The maximum absolute atomic E-state index is 11.3. The van der Waals surface area contributed by atoms with Crippen molar-refractivity contribution in [3.8, 4) is 0 Å². The smallest absolute Gasteiger partial charge is 0.222 e. The van der Waals surface area contributed by atoms with Gasteiger partial charge >= 0.3 is 0 Å². The van der Waals surface area contributed by atoms with Crippen molar-refractivity contribution in [1.29, 1.82) is 0 Å². The Labute approximate surface area is 117 Å². The molecule has 5 heteroatoms. The van der Waals surface area contributed by atoms with Crippen molar-refractivity contribution in [2.24, 2.45) is 5.73 Å². The fraction of sp³-hybridized carbons (Fsp3) is 0.929. The topological polar surface area (TPSA) is 64.8 Å². The van der Waals surface area contributed by atoms with Crippen LogP contribution in [0.4, 0.5) is 0 Å². The monoisotopic (exact) mass is 274 g/mol. The summed E-state index contributed by atoms with van der Waals surface area (Å²) in [4.78, 5) is 13.0. The van der Waals surface area contributed by atoms with Crippen LogP contribution in [0.3, 0.4) is 0 Å². The molecule has 0 spiro atoms. The van der Waals surface area contributed by atoms with Crippen LogP contribution in [-0.2, 0) is 14.3 Å². The van der Waals surface area contributed by atoms with Crippen molar-refractivity contribution < 1.29 is 14.3 Å². The Morgan fingerprint density at radius 3 is 2.05 bits per heavy atom. The minimum Gasteiger partial charge on any atom is -0.381 e. The summed E-state index contributed by atoms with van der Waals surface area (Å²) in [5, 5.41) is 0. The van der Waals surface area contributed by atoms with E-state index in [2.05, 4.69) is 0 Å². The van der Waals surface area contributed by atoms with E-state index in [1.165, 1.54) is 0 Å². The maximum atomic E-state index is 11.3. The minimum absolute atomic E-state index is 0.189. The Bertz CT molecular complexity index is 213. The Kier molecular flexibility index (Phi) is 13.3. The molecule has 0 aliphatic heterocycles. The molecule has 19 heavy (non-hydrogen) atoms. The number of carbonyl (C=O) groups excluding carboxylic acids is 1. The molecular formula is C14H30N2O3. The highest BCUT2D eigenvalue weighted by Crippen LogP contribution is 1.96. The van der Waals surface area contributed by atoms with Gasteiger partial charge in [0.2, 0.25) is 5.91 Å². The molecule has 0 bridgehead atoms. The first-order valence-electron chi connectivity index (χ1n) is 7.31. The van der Waals surface area contributed by atoms with Crippen LogP contribution in [0.25, 0.3) is 0 Å². The van der Waals surface area contributed by atoms with Crippen LogP contribution in [0, 0.1) is 0 Å². The Balaban J connectivity index is 3.12. The maximum Gasteiger partial charge on any atom is 0.222 e. The summed E-state index contributed by atoms with van der Waals surface area (Å²) < 4.78 is 10.9. The van der Waals surface area contributed by atoms with Gasteiger partial charge in [0, 0.05) is 46.4 Å². The second-order valence-corrected chi connectivity index (χ2v) is 4.60. The van der Waals surface area contributed by atoms with Gasteiger partial charge in [-0.15, -0.1) is 0 Å². The van der Waals surface area contributed by atoms with Gasteiger partial charge in [0.1, 0.15) is 0 Å². The second-order valence-electron chi connectivity index (χ2n) is 4.60. The summed E-state index contributed by atoms with van der Waals surface area (Å²) in [5.74, 6) is 0.189. The fourth-order valence-corrected chi connectivity index (χ4v) is 1.60. The van der Waals surface area contributed by atoms with E-state index >= 15 is 0 Å². The largest absolute Gasteiger partial charge is 0.381 e. The van der Waals surface area contributed by atoms with E-state index in [4.69, 9.17) is 15.2 Å². The molecule has 0 fully saturated rings. The molecule has 0 aliphatic carbocycles. The van der Waals surface area contributed by atoms with E-state index in [1.54, 1.807) is 4.90 Å². The number of nitrogens with two attached hydrogens (primary N) is 1. The lowest BCUT2D eigenvalue weighted by molar-refractivity contribution is -0.129. The number of unbranched alkanes of at least 4 members (excludes halogenated alkanes) is 1. The molecule has 0 saturated carbocycles. The average molecular weight is 274 g/mol. The van der Waals surface area contributed by atoms with Crippen molar-refractivity contribution in [1.82, 2.24) is 4.90 Å². The summed E-state index contributed by atoms with van der Waals surface area (Å²) >= 11 is 0. The predicted octanol–water partition coefficient (Wildman–Crippen LogP) is 1.41. The molecule has 0 rings (SSSR count). The third kappa shape index (κ3) is 12.1. The first-order chi connectivity index (χ1) is 9.22. The highest BCUT2D eigenvalue weighted by Gasteiger charge is 2.04. The molecule has 0 aromatic heterocycles. The number of carbonyl (C=O) groups is 1. The van der Waals surface area contributed by atoms with Crippen LogP contribution in [-0.4, -0.2) is 57.4 Å². The lowest BCUT2D eigenvalue weighted by Crippen LogP contribution is -2.27. The highest BCUT2D eigenvalue weighted by molar-refractivity contribution is 5.75. The summed E-state index contributed by atoms with van der Waals surface area (Å²) in [7, 11) is 1.84. The SMILES string of the molecule is CCC(=O)N(C)CCCOCCCCOCCCN. The molecular weight excluding hydrogens is 244 g/mol. The highest BCUT2D eigenvalue weighted by atomic mass is 16.5. The lowest BCUT2D eigenvalue weighted by atomic mass is 10.3. The zero-order valence-electron chi connectivity index (χ0n) is 12.5. The lowest BCUT2D eigenvalue weighted by Gasteiger charge is -2.15. The van der Waals surface area contributed by atoms with E-state index in [0.29, 0.717) is 13.0 Å². The molecule has 5 nitrogen and oxygen atoms in total. The zero-order valence-corrected chi connectivity index (χ0v) is 12.5. The third-order valence-corrected chi connectivity index (χ3v) is 2.83. The Morgan fingerprint density at radius 2 is 1.53 bits per heavy atom. The van der Waals surface area contributed by atoms with Gasteiger partial charge in [0.15, 0.2) is 0 Å². The van der Waals surface area contributed by atoms with Crippen molar-refractivity contribution in [2.45, 2.75) is 39.0 Å². The second kappa shape index (κ2) is 13.8. The molecule has 0 aromatic carbocycles. The molecule has 0 atom stereocenters. The molecule has 0 radical (unpaired) electrons. The van der Waals surface area contributed by atoms with Crippen LogP contribution in [0.2, 0.25) is 0 Å². The molecule has 114 valence electrons. The normalized spacial score (nSPS) is 10.7. The van der Waals surface area contributed by atoms with Crippen LogP contribution >= 0.6 is 0 Å². The summed E-state index contributed by atoms with van der Waals surface area (Å²) in [6, 6.07) is 0. The van der Waals surface area contributed by atoms with Gasteiger partial charge in [-0.3, -0.25) is 4.79 Å². The van der Waals surface area contributed by atoms with Crippen LogP contribution in [0.1, 0.15) is 39.0 Å². The summed E-state index contributed by atoms with van der Waals surface area (Å²) in [5.41, 5.74) is 5.36. The number of rotatable bonds is 13. The Morgan fingerprint density at radius 1 is 1.00 bits per heavy atom. The van der Waals surface area contributed by atoms with Crippen molar-refractivity contribution >= 4 is 5.91 Å². The van der Waals surface area contributed by atoms with Gasteiger partial charge in [0.05, 0.1) is 0 Å². The third-order valence-electron chi connectivity index (χ3n) is 2.83. The number of hydrogen-bond acceptors (Lipinski definition) is 4. The molecule has 1 amide bonds. The van der Waals surface area contributed by atoms with E-state index < -0.39 is 0 Å².